The smallest absolute Gasteiger partial charge is 0.410 e. The number of nitrogens with zero attached hydrogens (tertiary/aromatic N) is 4. The van der Waals surface area contributed by atoms with Gasteiger partial charge in [-0.2, -0.15) is 5.10 Å². The number of rotatable bonds is 10. The molecule has 3 aliphatic heterocycles. The van der Waals surface area contributed by atoms with Gasteiger partial charge in [0.05, 0.1) is 5.69 Å². The predicted octanol–water partition coefficient (Wildman–Crippen LogP) is 6.05. The highest BCUT2D eigenvalue weighted by atomic mass is 16.6. The van der Waals surface area contributed by atoms with E-state index in [4.69, 9.17) is 4.74 Å². The Bertz CT molecular complexity index is 1370. The van der Waals surface area contributed by atoms with E-state index in [2.05, 4.69) is 41.2 Å². The highest BCUT2D eigenvalue weighted by Crippen LogP contribution is 2.43. The molecule has 4 heterocycles. The highest BCUT2D eigenvalue weighted by molar-refractivity contribution is 6.00. The van der Waals surface area contributed by atoms with Crippen molar-refractivity contribution in [1.29, 1.82) is 0 Å². The van der Waals surface area contributed by atoms with Crippen LogP contribution < -0.4 is 5.32 Å². The Hall–Kier alpha value is -3.40. The maximum absolute atomic E-state index is 14.1. The van der Waals surface area contributed by atoms with Crippen LogP contribution in [0, 0.1) is 25.7 Å². The molecule has 10 nitrogen and oxygen atoms in total. The zero-order chi connectivity index (χ0) is 33.7. The lowest BCUT2D eigenvalue weighted by molar-refractivity contribution is -0.162. The molecule has 262 valence electrons. The lowest BCUT2D eigenvalue weighted by Crippen LogP contribution is -2.73. The van der Waals surface area contributed by atoms with Crippen molar-refractivity contribution in [2.24, 2.45) is 11.8 Å². The molecule has 4 fully saturated rings. The third kappa shape index (κ3) is 7.28. The summed E-state index contributed by atoms with van der Waals surface area (Å²) in [7, 11) is 0. The molecule has 6 rings (SSSR count). The van der Waals surface area contributed by atoms with Crippen molar-refractivity contribution >= 4 is 17.9 Å². The number of hydrogen-bond acceptors (Lipinski definition) is 6. The first-order valence-electron chi connectivity index (χ1n) is 18.6. The van der Waals surface area contributed by atoms with Gasteiger partial charge in [-0.25, -0.2) is 4.79 Å². The molecular formula is C38H56N6O4. The number of aryl methyl sites for hydroxylation is 2. The summed E-state index contributed by atoms with van der Waals surface area (Å²) in [5.41, 5.74) is 3.50. The minimum atomic E-state index is -0.789. The van der Waals surface area contributed by atoms with Crippen LogP contribution in [0.4, 0.5) is 4.79 Å². The summed E-state index contributed by atoms with van der Waals surface area (Å²) in [5, 5.41) is 11.0. The molecule has 0 bridgehead atoms. The molecule has 0 radical (unpaired) electrons. The number of nitrogens with one attached hydrogen (secondary N) is 2. The number of carbonyl (C=O) groups is 3. The van der Waals surface area contributed by atoms with Crippen molar-refractivity contribution < 1.29 is 19.1 Å². The second-order valence-electron chi connectivity index (χ2n) is 14.8. The first-order valence-corrected chi connectivity index (χ1v) is 18.6. The minimum Gasteiger partial charge on any atom is -0.445 e. The summed E-state index contributed by atoms with van der Waals surface area (Å²) < 4.78 is 5.65. The summed E-state index contributed by atoms with van der Waals surface area (Å²) >= 11 is 0. The molecule has 1 spiro atoms. The standard InChI is InChI=1S/C38H56N6O4/c1-4-5-20-44-35(45)32(25-29-12-8-6-9-13-29)39-36(46)38(44)18-23-42(24-19-38)34(33-27(2)40-41-28(33)3)31-16-21-43(22-17-31)37(47)48-26-30-14-10-7-11-15-30/h7,10-11,14-15,29,31-32,34H,4-6,8-9,12-13,16-26H2,1-3H3,(H,39,46)(H,40,41)/t32-,34?/m0/s1. The Labute approximate surface area is 286 Å². The second-order valence-corrected chi connectivity index (χ2v) is 14.8. The zero-order valence-electron chi connectivity index (χ0n) is 29.3. The van der Waals surface area contributed by atoms with E-state index in [1.165, 1.54) is 24.8 Å². The van der Waals surface area contributed by atoms with Crippen LogP contribution in [0.25, 0.3) is 0 Å². The van der Waals surface area contributed by atoms with Gasteiger partial charge in [-0.15, -0.1) is 0 Å². The molecule has 2 aromatic rings. The second kappa shape index (κ2) is 15.4. The Morgan fingerprint density at radius 3 is 2.35 bits per heavy atom. The van der Waals surface area contributed by atoms with Gasteiger partial charge in [0.25, 0.3) is 0 Å². The molecule has 2 N–H and O–H groups in total. The quantitative estimate of drug-likeness (QED) is 0.321. The first-order chi connectivity index (χ1) is 23.3. The number of ether oxygens (including phenoxy) is 1. The van der Waals surface area contributed by atoms with Crippen molar-refractivity contribution in [2.45, 2.75) is 122 Å². The van der Waals surface area contributed by atoms with E-state index in [9.17, 15) is 14.4 Å². The Morgan fingerprint density at radius 1 is 1.00 bits per heavy atom. The van der Waals surface area contributed by atoms with Crippen LogP contribution in [0.3, 0.4) is 0 Å². The monoisotopic (exact) mass is 660 g/mol. The summed E-state index contributed by atoms with van der Waals surface area (Å²) in [6, 6.07) is 9.52. The average molecular weight is 661 g/mol. The number of piperidine rings is 2. The van der Waals surface area contributed by atoms with Gasteiger partial charge in [0, 0.05) is 50.0 Å². The predicted molar refractivity (Wildman–Crippen MR) is 185 cm³/mol. The Morgan fingerprint density at radius 2 is 1.71 bits per heavy atom. The lowest BCUT2D eigenvalue weighted by atomic mass is 9.77. The SMILES string of the molecule is CCCCN1C(=O)[C@H](CC2CCCCC2)NC(=O)C12CCN(C(c1c(C)n[nH]c1C)C1CCN(C(=O)OCc3ccccc3)CC1)CC2. The van der Waals surface area contributed by atoms with Gasteiger partial charge in [-0.05, 0) is 69.8 Å². The van der Waals surface area contributed by atoms with Gasteiger partial charge >= 0.3 is 6.09 Å². The van der Waals surface area contributed by atoms with E-state index < -0.39 is 11.6 Å². The number of hydrogen-bond donors (Lipinski definition) is 2. The van der Waals surface area contributed by atoms with Crippen LogP contribution >= 0.6 is 0 Å². The van der Waals surface area contributed by atoms with Gasteiger partial charge in [-0.1, -0.05) is 75.8 Å². The summed E-state index contributed by atoms with van der Waals surface area (Å²) in [5.74, 6) is 1.03. The number of H-pyrrole nitrogens is 1. The summed E-state index contributed by atoms with van der Waals surface area (Å²) in [6.45, 7) is 9.98. The van der Waals surface area contributed by atoms with Crippen molar-refractivity contribution in [3.8, 4) is 0 Å². The normalized spacial score (nSPS) is 23.4. The zero-order valence-corrected chi connectivity index (χ0v) is 29.3. The number of unbranched alkanes of at least 4 members (excludes halogenated alkanes) is 1. The van der Waals surface area contributed by atoms with Gasteiger partial charge in [-0.3, -0.25) is 19.6 Å². The molecule has 10 heteroatoms. The fourth-order valence-corrected chi connectivity index (χ4v) is 9.02. The largest absolute Gasteiger partial charge is 0.445 e. The molecule has 2 atom stereocenters. The van der Waals surface area contributed by atoms with Crippen molar-refractivity contribution in [3.05, 3.63) is 52.8 Å². The number of likely N-dealkylation sites (tertiary alicyclic amines) is 2. The number of aromatic amines is 1. The minimum absolute atomic E-state index is 0.0493. The Kier molecular flexibility index (Phi) is 11.1. The maximum Gasteiger partial charge on any atom is 0.410 e. The fourth-order valence-electron chi connectivity index (χ4n) is 9.02. The summed E-state index contributed by atoms with van der Waals surface area (Å²) in [4.78, 5) is 47.6. The lowest BCUT2D eigenvalue weighted by Gasteiger charge is -2.53. The van der Waals surface area contributed by atoms with E-state index in [0.717, 1.165) is 75.0 Å². The van der Waals surface area contributed by atoms with Crippen LogP contribution in [-0.2, 0) is 20.9 Å². The van der Waals surface area contributed by atoms with Crippen LogP contribution in [0.1, 0.15) is 113 Å². The van der Waals surface area contributed by atoms with Gasteiger partial charge in [0.1, 0.15) is 18.2 Å². The van der Waals surface area contributed by atoms with Crippen molar-refractivity contribution in [1.82, 2.24) is 30.2 Å². The van der Waals surface area contributed by atoms with E-state index in [1.54, 1.807) is 0 Å². The number of aromatic nitrogens is 2. The van der Waals surface area contributed by atoms with E-state index in [-0.39, 0.29) is 30.6 Å². The third-order valence-corrected chi connectivity index (χ3v) is 11.8. The van der Waals surface area contributed by atoms with Crippen LogP contribution in [0.5, 0.6) is 0 Å². The van der Waals surface area contributed by atoms with Crippen LogP contribution in [-0.4, -0.2) is 87.1 Å². The van der Waals surface area contributed by atoms with Crippen LogP contribution in [0.2, 0.25) is 0 Å². The molecule has 3 amide bonds. The molecule has 1 saturated carbocycles. The van der Waals surface area contributed by atoms with Crippen molar-refractivity contribution in [3.63, 3.8) is 0 Å². The number of carbonyl (C=O) groups excluding carboxylic acids is 3. The van der Waals surface area contributed by atoms with E-state index in [0.29, 0.717) is 44.3 Å². The van der Waals surface area contributed by atoms with E-state index in [1.807, 2.05) is 40.1 Å². The Balaban J connectivity index is 1.14. The molecule has 1 aromatic heterocycles. The molecule has 1 aromatic carbocycles. The molecule has 4 aliphatic rings. The fraction of sp³-hybridized carbons (Fsp3) is 0.684. The van der Waals surface area contributed by atoms with Crippen LogP contribution in [0.15, 0.2) is 30.3 Å². The highest BCUT2D eigenvalue weighted by Gasteiger charge is 2.54. The molecular weight excluding hydrogens is 604 g/mol. The average Bonchev–Trinajstić information content (AvgIpc) is 3.45. The van der Waals surface area contributed by atoms with Gasteiger partial charge < -0.3 is 19.9 Å². The molecule has 3 saturated heterocycles. The van der Waals surface area contributed by atoms with Gasteiger partial charge in [0.15, 0.2) is 0 Å². The van der Waals surface area contributed by atoms with Gasteiger partial charge in [0.2, 0.25) is 11.8 Å². The number of amides is 3. The van der Waals surface area contributed by atoms with E-state index >= 15 is 0 Å². The topological polar surface area (TPSA) is 111 Å². The molecule has 1 unspecified atom stereocenters. The molecule has 1 aliphatic carbocycles. The molecule has 48 heavy (non-hydrogen) atoms. The maximum atomic E-state index is 14.1. The number of benzene rings is 1. The third-order valence-electron chi connectivity index (χ3n) is 11.8. The summed E-state index contributed by atoms with van der Waals surface area (Å²) in [6.07, 6.45) is 11.5. The first kappa shape index (κ1) is 34.5. The number of piperazine rings is 1. The van der Waals surface area contributed by atoms with Crippen molar-refractivity contribution in [2.75, 3.05) is 32.7 Å².